The molecule has 0 amide bonds. The molecule has 0 saturated carbocycles. The van der Waals surface area contributed by atoms with Crippen molar-refractivity contribution in [2.24, 2.45) is 0 Å². The zero-order chi connectivity index (χ0) is 25.2. The van der Waals surface area contributed by atoms with Crippen LogP contribution >= 0.6 is 11.6 Å². The summed E-state index contributed by atoms with van der Waals surface area (Å²) in [5, 5.41) is 13.2. The number of anilines is 1. The van der Waals surface area contributed by atoms with E-state index in [0.717, 1.165) is 0 Å². The largest absolute Gasteiger partial charge is 0.454 e. The van der Waals surface area contributed by atoms with Gasteiger partial charge in [-0.3, -0.25) is 14.1 Å². The molecule has 5 aromatic rings. The molecule has 0 aliphatic heterocycles. The van der Waals surface area contributed by atoms with Gasteiger partial charge in [-0.25, -0.2) is 9.18 Å². The first-order chi connectivity index (χ1) is 17.4. The van der Waals surface area contributed by atoms with Gasteiger partial charge in [0, 0.05) is 23.0 Å². The van der Waals surface area contributed by atoms with Crippen LogP contribution in [0.4, 0.5) is 10.1 Å². The predicted molar refractivity (Wildman–Crippen MR) is 138 cm³/mol. The third kappa shape index (κ3) is 4.47. The van der Waals surface area contributed by atoms with Gasteiger partial charge in [0.1, 0.15) is 12.0 Å². The Balaban J connectivity index is 1.59. The third-order valence-corrected chi connectivity index (χ3v) is 5.72. The number of nitrogens with zero attached hydrogens (tertiary/aromatic N) is 3. The second kappa shape index (κ2) is 9.69. The van der Waals surface area contributed by atoms with Gasteiger partial charge in [0.25, 0.3) is 0 Å². The summed E-state index contributed by atoms with van der Waals surface area (Å²) in [6.07, 6.45) is 3.53. The SMILES string of the molecule is C=CC(O)Nc1cccc(-n2c(=O)n(-c3ccc(Oc4cccc(Cl)c4)c(F)c3)c3cnccc32)c1. The molecule has 0 saturated heterocycles. The van der Waals surface area contributed by atoms with Crippen LogP contribution in [0.3, 0.4) is 0 Å². The summed E-state index contributed by atoms with van der Waals surface area (Å²) in [4.78, 5) is 17.8. The molecular formula is C27H20ClFN4O3. The molecular weight excluding hydrogens is 483 g/mol. The van der Waals surface area contributed by atoms with Crippen LogP contribution in [0, 0.1) is 5.82 Å². The number of hydrogen-bond donors (Lipinski definition) is 2. The van der Waals surface area contributed by atoms with Crippen molar-refractivity contribution < 1.29 is 14.2 Å². The maximum absolute atomic E-state index is 15.1. The molecule has 7 nitrogen and oxygen atoms in total. The van der Waals surface area contributed by atoms with Crippen LogP contribution < -0.4 is 15.7 Å². The molecule has 0 bridgehead atoms. The normalized spacial score (nSPS) is 11.9. The molecule has 2 N–H and O–H groups in total. The maximum Gasteiger partial charge on any atom is 0.338 e. The smallest absolute Gasteiger partial charge is 0.338 e. The number of halogens is 2. The van der Waals surface area contributed by atoms with Crippen molar-refractivity contribution in [1.29, 1.82) is 0 Å². The second-order valence-electron chi connectivity index (χ2n) is 7.87. The van der Waals surface area contributed by atoms with Gasteiger partial charge in [-0.15, -0.1) is 0 Å². The average molecular weight is 503 g/mol. The minimum Gasteiger partial charge on any atom is -0.454 e. The van der Waals surface area contributed by atoms with Gasteiger partial charge in [-0.2, -0.15) is 0 Å². The van der Waals surface area contributed by atoms with Crippen LogP contribution in [-0.4, -0.2) is 25.5 Å². The first-order valence-corrected chi connectivity index (χ1v) is 11.3. The van der Waals surface area contributed by atoms with Crippen molar-refractivity contribution in [1.82, 2.24) is 14.1 Å². The Hall–Kier alpha value is -4.40. The van der Waals surface area contributed by atoms with E-state index in [0.29, 0.717) is 38.9 Å². The Morgan fingerprint density at radius 3 is 2.58 bits per heavy atom. The van der Waals surface area contributed by atoms with Crippen molar-refractivity contribution in [3.8, 4) is 22.9 Å². The molecule has 2 aromatic heterocycles. The Morgan fingerprint density at radius 1 is 1.03 bits per heavy atom. The summed E-state index contributed by atoms with van der Waals surface area (Å²) in [5.74, 6) is -0.258. The van der Waals surface area contributed by atoms with Crippen LogP contribution in [0.25, 0.3) is 22.4 Å². The summed E-state index contributed by atoms with van der Waals surface area (Å²) >= 11 is 5.98. The maximum atomic E-state index is 15.1. The number of imidazole rings is 1. The number of hydrogen-bond acceptors (Lipinski definition) is 5. The van der Waals surface area contributed by atoms with E-state index in [-0.39, 0.29) is 5.75 Å². The molecule has 3 aromatic carbocycles. The summed E-state index contributed by atoms with van der Waals surface area (Å²) in [6.45, 7) is 3.55. The van der Waals surface area contributed by atoms with E-state index in [1.54, 1.807) is 73.1 Å². The van der Waals surface area contributed by atoms with Gasteiger partial charge in [-0.1, -0.05) is 30.3 Å². The zero-order valence-corrected chi connectivity index (χ0v) is 19.6. The quantitative estimate of drug-likeness (QED) is 0.221. The molecule has 1 unspecified atom stereocenters. The number of ether oxygens (including phenoxy) is 1. The fourth-order valence-electron chi connectivity index (χ4n) is 3.88. The van der Waals surface area contributed by atoms with E-state index in [1.165, 1.54) is 27.3 Å². The Morgan fingerprint density at radius 2 is 1.81 bits per heavy atom. The van der Waals surface area contributed by atoms with Crippen LogP contribution in [0.2, 0.25) is 5.02 Å². The molecule has 0 fully saturated rings. The molecule has 0 aliphatic carbocycles. The summed E-state index contributed by atoms with van der Waals surface area (Å²) in [5.41, 5.74) is 2.12. The van der Waals surface area contributed by atoms with Crippen LogP contribution in [0.15, 0.2) is 103 Å². The van der Waals surface area contributed by atoms with Crippen LogP contribution in [-0.2, 0) is 0 Å². The van der Waals surface area contributed by atoms with Gasteiger partial charge < -0.3 is 15.2 Å². The highest BCUT2D eigenvalue weighted by Crippen LogP contribution is 2.29. The van der Waals surface area contributed by atoms with Crippen LogP contribution in [0.5, 0.6) is 11.5 Å². The number of aliphatic hydroxyl groups excluding tert-OH is 1. The second-order valence-corrected chi connectivity index (χ2v) is 8.30. The molecule has 180 valence electrons. The lowest BCUT2D eigenvalue weighted by Gasteiger charge is -2.11. The molecule has 1 atom stereocenters. The zero-order valence-electron chi connectivity index (χ0n) is 18.8. The highest BCUT2D eigenvalue weighted by Gasteiger charge is 2.18. The van der Waals surface area contributed by atoms with Crippen molar-refractivity contribution >= 4 is 28.3 Å². The molecule has 0 aliphatic rings. The third-order valence-electron chi connectivity index (χ3n) is 5.48. The van der Waals surface area contributed by atoms with E-state index in [9.17, 15) is 9.90 Å². The van der Waals surface area contributed by atoms with E-state index in [4.69, 9.17) is 16.3 Å². The molecule has 36 heavy (non-hydrogen) atoms. The number of aliphatic hydroxyl groups is 1. The van der Waals surface area contributed by atoms with Crippen molar-refractivity contribution in [2.75, 3.05) is 5.32 Å². The Bertz CT molecular complexity index is 1650. The summed E-state index contributed by atoms with van der Waals surface area (Å²) < 4.78 is 23.6. The van der Waals surface area contributed by atoms with Gasteiger partial charge in [0.15, 0.2) is 11.6 Å². The van der Waals surface area contributed by atoms with E-state index >= 15 is 4.39 Å². The van der Waals surface area contributed by atoms with Crippen molar-refractivity contribution in [2.45, 2.75) is 6.23 Å². The number of pyridine rings is 1. The lowest BCUT2D eigenvalue weighted by molar-refractivity contribution is 0.253. The number of rotatable bonds is 7. The van der Waals surface area contributed by atoms with Gasteiger partial charge in [-0.05, 0) is 60.7 Å². The first-order valence-electron chi connectivity index (χ1n) is 10.9. The minimum atomic E-state index is -0.946. The average Bonchev–Trinajstić information content (AvgIpc) is 3.17. The highest BCUT2D eigenvalue weighted by atomic mass is 35.5. The standard InChI is InChI=1S/C27H20ClFN4O3/c1-2-26(34)31-18-6-4-7-19(14-18)32-23-11-12-30-16-24(23)33(27(32)35)20-9-10-25(22(29)15-20)36-21-8-3-5-17(28)13-21/h2-16,26,31,34H,1H2. The number of aromatic nitrogens is 3. The Labute approximate surface area is 210 Å². The van der Waals surface area contributed by atoms with Crippen molar-refractivity contribution in [3.63, 3.8) is 0 Å². The fourth-order valence-corrected chi connectivity index (χ4v) is 4.06. The number of nitrogens with one attached hydrogen (secondary N) is 1. The van der Waals surface area contributed by atoms with Gasteiger partial charge in [0.2, 0.25) is 0 Å². The summed E-state index contributed by atoms with van der Waals surface area (Å²) in [6, 6.07) is 19.6. The first kappa shape index (κ1) is 23.3. The lowest BCUT2D eigenvalue weighted by Crippen LogP contribution is -2.22. The fraction of sp³-hybridized carbons (Fsp3) is 0.0370. The Kier molecular flexibility index (Phi) is 6.28. The minimum absolute atomic E-state index is 0.00418. The van der Waals surface area contributed by atoms with Gasteiger partial charge >= 0.3 is 5.69 Å². The van der Waals surface area contributed by atoms with E-state index in [1.807, 2.05) is 0 Å². The van der Waals surface area contributed by atoms with Crippen LogP contribution in [0.1, 0.15) is 0 Å². The predicted octanol–water partition coefficient (Wildman–Crippen LogP) is 5.68. The molecule has 0 radical (unpaired) electrons. The number of benzene rings is 3. The van der Waals surface area contributed by atoms with Crippen molar-refractivity contribution in [3.05, 3.63) is 119 Å². The van der Waals surface area contributed by atoms with E-state index in [2.05, 4.69) is 16.9 Å². The molecule has 9 heteroatoms. The monoisotopic (exact) mass is 502 g/mol. The van der Waals surface area contributed by atoms with E-state index < -0.39 is 17.7 Å². The molecule has 2 heterocycles. The highest BCUT2D eigenvalue weighted by molar-refractivity contribution is 6.30. The molecule has 0 spiro atoms. The molecule has 5 rings (SSSR count). The topological polar surface area (TPSA) is 81.3 Å². The summed E-state index contributed by atoms with van der Waals surface area (Å²) in [7, 11) is 0. The number of fused-ring (bicyclic) bond motifs is 1. The van der Waals surface area contributed by atoms with Gasteiger partial charge in [0.05, 0.1) is 28.6 Å². The lowest BCUT2D eigenvalue weighted by atomic mass is 10.2.